The number of ether oxygens (including phenoxy) is 1. The van der Waals surface area contributed by atoms with Crippen LogP contribution < -0.4 is 0 Å². The van der Waals surface area contributed by atoms with Gasteiger partial charge in [0.05, 0.1) is 16.7 Å². The van der Waals surface area contributed by atoms with E-state index in [0.29, 0.717) is 16.3 Å². The predicted octanol–water partition coefficient (Wildman–Crippen LogP) is 4.00. The first kappa shape index (κ1) is 12.6. The zero-order valence-electron chi connectivity index (χ0n) is 9.67. The van der Waals surface area contributed by atoms with Gasteiger partial charge in [0.25, 0.3) is 0 Å². The number of rotatable bonds is 2. The van der Waals surface area contributed by atoms with Crippen LogP contribution in [0.3, 0.4) is 0 Å². The molecule has 84 valence electrons. The van der Waals surface area contributed by atoms with E-state index < -0.39 is 0 Å². The molecule has 16 heavy (non-hydrogen) atoms. The van der Waals surface area contributed by atoms with Crippen molar-refractivity contribution in [2.45, 2.75) is 26.4 Å². The maximum Gasteiger partial charge on any atom is 0.121 e. The number of nitrogens with zero attached hydrogens (tertiary/aromatic N) is 1. The standard InChI is InChI=1S/C13H14ClNO/c1-9(16-13(2,3)4)11-6-5-10(8-15)7-12(11)14/h5-7H,1H2,2-4H3. The van der Waals surface area contributed by atoms with Crippen LogP contribution in [0.25, 0.3) is 5.76 Å². The first-order chi connectivity index (χ1) is 7.33. The Bertz CT molecular complexity index is 452. The Morgan fingerprint density at radius 1 is 1.44 bits per heavy atom. The van der Waals surface area contributed by atoms with Crippen LogP contribution >= 0.6 is 11.6 Å². The number of hydrogen-bond donors (Lipinski definition) is 0. The summed E-state index contributed by atoms with van der Waals surface area (Å²) in [4.78, 5) is 0. The molecular weight excluding hydrogens is 222 g/mol. The SMILES string of the molecule is C=C(OC(C)(C)C)c1ccc(C#N)cc1Cl. The van der Waals surface area contributed by atoms with E-state index >= 15 is 0 Å². The maximum atomic E-state index is 8.72. The molecule has 0 heterocycles. The molecule has 0 unspecified atom stereocenters. The number of benzene rings is 1. The minimum atomic E-state index is -0.311. The summed E-state index contributed by atoms with van der Waals surface area (Å²) in [6.07, 6.45) is 0. The van der Waals surface area contributed by atoms with Gasteiger partial charge in [-0.1, -0.05) is 18.2 Å². The molecule has 0 aromatic heterocycles. The molecule has 0 bridgehead atoms. The fourth-order valence-corrected chi connectivity index (χ4v) is 1.52. The van der Waals surface area contributed by atoms with Gasteiger partial charge in [-0.25, -0.2) is 0 Å². The number of hydrogen-bond acceptors (Lipinski definition) is 2. The normalized spacial score (nSPS) is 10.7. The van der Waals surface area contributed by atoms with Crippen molar-refractivity contribution in [1.29, 1.82) is 5.26 Å². The van der Waals surface area contributed by atoms with Gasteiger partial charge in [0.1, 0.15) is 11.4 Å². The van der Waals surface area contributed by atoms with Crippen LogP contribution in [0.15, 0.2) is 24.8 Å². The Labute approximate surface area is 101 Å². The summed E-state index contributed by atoms with van der Waals surface area (Å²) in [6.45, 7) is 9.66. The van der Waals surface area contributed by atoms with Gasteiger partial charge in [-0.05, 0) is 39.0 Å². The Hall–Kier alpha value is -1.46. The van der Waals surface area contributed by atoms with Crippen LogP contribution in [0.1, 0.15) is 31.9 Å². The van der Waals surface area contributed by atoms with Gasteiger partial charge in [0.15, 0.2) is 0 Å². The molecule has 0 saturated carbocycles. The smallest absolute Gasteiger partial charge is 0.121 e. The molecule has 0 saturated heterocycles. The molecule has 3 heteroatoms. The zero-order chi connectivity index (χ0) is 12.3. The Balaban J connectivity index is 2.98. The summed E-state index contributed by atoms with van der Waals surface area (Å²) in [5.41, 5.74) is 0.932. The fourth-order valence-electron chi connectivity index (χ4n) is 1.24. The molecule has 1 rings (SSSR count). The molecule has 1 aromatic rings. The van der Waals surface area contributed by atoms with E-state index in [-0.39, 0.29) is 5.60 Å². The van der Waals surface area contributed by atoms with Gasteiger partial charge >= 0.3 is 0 Å². The molecule has 0 amide bonds. The minimum Gasteiger partial charge on any atom is -0.488 e. The average molecular weight is 236 g/mol. The van der Waals surface area contributed by atoms with Gasteiger partial charge < -0.3 is 4.74 Å². The number of nitriles is 1. The fraction of sp³-hybridized carbons (Fsp3) is 0.308. The molecule has 0 aliphatic carbocycles. The third kappa shape index (κ3) is 3.29. The average Bonchev–Trinajstić information content (AvgIpc) is 2.14. The van der Waals surface area contributed by atoms with Crippen molar-refractivity contribution in [3.8, 4) is 6.07 Å². The van der Waals surface area contributed by atoms with E-state index in [0.717, 1.165) is 5.56 Å². The molecule has 0 atom stereocenters. The van der Waals surface area contributed by atoms with E-state index in [9.17, 15) is 0 Å². The van der Waals surface area contributed by atoms with Crippen molar-refractivity contribution >= 4 is 17.4 Å². The molecular formula is C13H14ClNO. The van der Waals surface area contributed by atoms with Gasteiger partial charge in [-0.3, -0.25) is 0 Å². The summed E-state index contributed by atoms with van der Waals surface area (Å²) < 4.78 is 5.62. The van der Waals surface area contributed by atoms with E-state index in [4.69, 9.17) is 21.6 Å². The van der Waals surface area contributed by atoms with Crippen LogP contribution in [-0.2, 0) is 4.74 Å². The Kier molecular flexibility index (Phi) is 3.62. The first-order valence-corrected chi connectivity index (χ1v) is 5.29. The lowest BCUT2D eigenvalue weighted by Gasteiger charge is -2.23. The number of halogens is 1. The molecule has 0 radical (unpaired) electrons. The van der Waals surface area contributed by atoms with Gasteiger partial charge in [-0.15, -0.1) is 0 Å². The Morgan fingerprint density at radius 2 is 2.06 bits per heavy atom. The summed E-state index contributed by atoms with van der Waals surface area (Å²) in [5, 5.41) is 9.20. The lowest BCUT2D eigenvalue weighted by Crippen LogP contribution is -2.17. The molecule has 0 aliphatic rings. The minimum absolute atomic E-state index is 0.311. The lowest BCUT2D eigenvalue weighted by molar-refractivity contribution is 0.0976. The molecule has 2 nitrogen and oxygen atoms in total. The van der Waals surface area contributed by atoms with E-state index in [2.05, 4.69) is 6.58 Å². The van der Waals surface area contributed by atoms with Crippen LogP contribution in [0, 0.1) is 11.3 Å². The summed E-state index contributed by atoms with van der Waals surface area (Å²) >= 11 is 6.04. The van der Waals surface area contributed by atoms with Gasteiger partial charge in [0.2, 0.25) is 0 Å². The van der Waals surface area contributed by atoms with Gasteiger partial charge in [0, 0.05) is 5.56 Å². The second-order valence-corrected chi connectivity index (χ2v) is 4.85. The zero-order valence-corrected chi connectivity index (χ0v) is 10.4. The Morgan fingerprint density at radius 3 is 2.50 bits per heavy atom. The van der Waals surface area contributed by atoms with Crippen molar-refractivity contribution < 1.29 is 4.74 Å². The van der Waals surface area contributed by atoms with Crippen LogP contribution in [0.4, 0.5) is 0 Å². The van der Waals surface area contributed by atoms with Crippen molar-refractivity contribution in [3.63, 3.8) is 0 Å². The first-order valence-electron chi connectivity index (χ1n) is 4.91. The summed E-state index contributed by atoms with van der Waals surface area (Å²) in [6, 6.07) is 7.07. The highest BCUT2D eigenvalue weighted by molar-refractivity contribution is 6.32. The van der Waals surface area contributed by atoms with Gasteiger partial charge in [-0.2, -0.15) is 5.26 Å². The predicted molar refractivity (Wildman–Crippen MR) is 66.0 cm³/mol. The van der Waals surface area contributed by atoms with E-state index in [1.165, 1.54) is 0 Å². The van der Waals surface area contributed by atoms with Crippen molar-refractivity contribution in [1.82, 2.24) is 0 Å². The van der Waals surface area contributed by atoms with Crippen molar-refractivity contribution in [3.05, 3.63) is 40.9 Å². The monoisotopic (exact) mass is 235 g/mol. The lowest BCUT2D eigenvalue weighted by atomic mass is 10.1. The van der Waals surface area contributed by atoms with Crippen molar-refractivity contribution in [2.24, 2.45) is 0 Å². The quantitative estimate of drug-likeness (QED) is 0.726. The van der Waals surface area contributed by atoms with Crippen LogP contribution in [-0.4, -0.2) is 5.60 Å². The van der Waals surface area contributed by atoms with E-state index in [1.54, 1.807) is 18.2 Å². The highest BCUT2D eigenvalue weighted by Gasteiger charge is 2.15. The maximum absolute atomic E-state index is 8.72. The second kappa shape index (κ2) is 4.59. The van der Waals surface area contributed by atoms with Crippen LogP contribution in [0.2, 0.25) is 5.02 Å². The highest BCUT2D eigenvalue weighted by Crippen LogP contribution is 2.27. The molecule has 0 fully saturated rings. The summed E-state index contributed by atoms with van der Waals surface area (Å²) in [5.74, 6) is 0.516. The molecule has 0 aliphatic heterocycles. The topological polar surface area (TPSA) is 33.0 Å². The van der Waals surface area contributed by atoms with Crippen molar-refractivity contribution in [2.75, 3.05) is 0 Å². The molecule has 0 N–H and O–H groups in total. The van der Waals surface area contributed by atoms with E-state index in [1.807, 2.05) is 26.8 Å². The second-order valence-electron chi connectivity index (χ2n) is 4.44. The third-order valence-electron chi connectivity index (χ3n) is 1.83. The summed E-state index contributed by atoms with van der Waals surface area (Å²) in [7, 11) is 0. The van der Waals surface area contributed by atoms with Crippen LogP contribution in [0.5, 0.6) is 0 Å². The molecule has 0 spiro atoms. The largest absolute Gasteiger partial charge is 0.488 e. The molecule has 1 aromatic carbocycles. The third-order valence-corrected chi connectivity index (χ3v) is 2.14. The highest BCUT2D eigenvalue weighted by atomic mass is 35.5.